The number of hydrogen-bond acceptors (Lipinski definition) is 5. The van der Waals surface area contributed by atoms with Crippen LogP contribution in [0.1, 0.15) is 33.4 Å². The van der Waals surface area contributed by atoms with E-state index in [1.54, 1.807) is 11.9 Å². The normalized spacial score (nSPS) is 18.6. The van der Waals surface area contributed by atoms with Gasteiger partial charge in [0.15, 0.2) is 0 Å². The van der Waals surface area contributed by atoms with E-state index in [0.29, 0.717) is 0 Å². The lowest BCUT2D eigenvalue weighted by Crippen LogP contribution is -2.41. The number of aryl methyl sites for hydroxylation is 1. The summed E-state index contributed by atoms with van der Waals surface area (Å²) >= 11 is 1.57. The molecule has 0 radical (unpaired) electrons. The van der Waals surface area contributed by atoms with Crippen LogP contribution in [0.2, 0.25) is 0 Å². The molecule has 126 valence electrons. The maximum absolute atomic E-state index is 6.11. The molecule has 0 bridgehead atoms. The van der Waals surface area contributed by atoms with Crippen LogP contribution < -0.4 is 10.2 Å². The molecule has 0 atom stereocenters. The molecule has 1 fully saturated rings. The number of pyridine rings is 1. The highest BCUT2D eigenvalue weighted by atomic mass is 32.2. The van der Waals surface area contributed by atoms with E-state index in [9.17, 15) is 0 Å². The summed E-state index contributed by atoms with van der Waals surface area (Å²) in [5.74, 6) is 0. The molecule has 0 aliphatic carbocycles. The SMILES string of the molecule is Cc1ncc(B2OC(C)(C)C(C)(C)O2)cc1NSc1ccccc1. The van der Waals surface area contributed by atoms with Crippen molar-refractivity contribution in [2.24, 2.45) is 0 Å². The zero-order valence-electron chi connectivity index (χ0n) is 14.8. The van der Waals surface area contributed by atoms with E-state index in [4.69, 9.17) is 9.31 Å². The van der Waals surface area contributed by atoms with Crippen molar-refractivity contribution < 1.29 is 9.31 Å². The Bertz CT molecular complexity index is 706. The lowest BCUT2D eigenvalue weighted by molar-refractivity contribution is 0.00578. The molecule has 1 aliphatic rings. The highest BCUT2D eigenvalue weighted by Crippen LogP contribution is 2.36. The summed E-state index contributed by atoms with van der Waals surface area (Å²) < 4.78 is 15.6. The van der Waals surface area contributed by atoms with E-state index >= 15 is 0 Å². The van der Waals surface area contributed by atoms with E-state index in [1.165, 1.54) is 0 Å². The molecule has 0 saturated carbocycles. The topological polar surface area (TPSA) is 43.4 Å². The summed E-state index contributed by atoms with van der Waals surface area (Å²) in [4.78, 5) is 5.65. The second kappa shape index (κ2) is 6.43. The van der Waals surface area contributed by atoms with Crippen molar-refractivity contribution in [2.75, 3.05) is 4.72 Å². The van der Waals surface area contributed by atoms with Gasteiger partial charge in [0.25, 0.3) is 0 Å². The minimum absolute atomic E-state index is 0.352. The Morgan fingerprint density at radius 3 is 2.29 bits per heavy atom. The molecule has 0 unspecified atom stereocenters. The molecular weight excluding hydrogens is 319 g/mol. The standard InChI is InChI=1S/C18H23BN2O2S/c1-13-16(21-24-15-9-7-6-8-10-15)11-14(12-20-13)19-22-17(2,3)18(4,5)23-19/h6-12,21H,1-5H3. The van der Waals surface area contributed by atoms with Crippen molar-refractivity contribution in [3.63, 3.8) is 0 Å². The van der Waals surface area contributed by atoms with Gasteiger partial charge in [-0.25, -0.2) is 0 Å². The molecule has 1 N–H and O–H groups in total. The Labute approximate surface area is 148 Å². The largest absolute Gasteiger partial charge is 0.496 e. The van der Waals surface area contributed by atoms with Gasteiger partial charge >= 0.3 is 7.12 Å². The second-order valence-electron chi connectivity index (χ2n) is 7.01. The first-order chi connectivity index (χ1) is 11.3. The maximum atomic E-state index is 6.11. The lowest BCUT2D eigenvalue weighted by Gasteiger charge is -2.32. The summed E-state index contributed by atoms with van der Waals surface area (Å²) in [7, 11) is -0.398. The molecule has 2 aromatic rings. The van der Waals surface area contributed by atoms with Gasteiger partial charge in [0, 0.05) is 16.6 Å². The van der Waals surface area contributed by atoms with Crippen molar-refractivity contribution >= 4 is 30.2 Å². The number of nitrogens with zero attached hydrogens (tertiary/aromatic N) is 1. The molecule has 0 spiro atoms. The van der Waals surface area contributed by atoms with Crippen molar-refractivity contribution in [1.29, 1.82) is 0 Å². The van der Waals surface area contributed by atoms with Crippen LogP contribution in [0, 0.1) is 6.92 Å². The van der Waals surface area contributed by atoms with Crippen LogP contribution in [0.5, 0.6) is 0 Å². The first kappa shape index (κ1) is 17.3. The van der Waals surface area contributed by atoms with Gasteiger partial charge in [0.2, 0.25) is 0 Å². The molecule has 4 nitrogen and oxygen atoms in total. The molecule has 1 saturated heterocycles. The van der Waals surface area contributed by atoms with E-state index < -0.39 is 7.12 Å². The molecule has 2 heterocycles. The Balaban J connectivity index is 1.77. The maximum Gasteiger partial charge on any atom is 0.496 e. The third kappa shape index (κ3) is 3.46. The third-order valence-electron chi connectivity index (χ3n) is 4.66. The van der Waals surface area contributed by atoms with Gasteiger partial charge in [-0.15, -0.1) is 0 Å². The molecule has 3 rings (SSSR count). The number of hydrogen-bond donors (Lipinski definition) is 1. The highest BCUT2D eigenvalue weighted by Gasteiger charge is 2.51. The molecule has 1 aliphatic heterocycles. The fraction of sp³-hybridized carbons (Fsp3) is 0.389. The van der Waals surface area contributed by atoms with Crippen LogP contribution in [-0.4, -0.2) is 23.3 Å². The van der Waals surface area contributed by atoms with Crippen molar-refractivity contribution in [1.82, 2.24) is 4.98 Å². The quantitative estimate of drug-likeness (QED) is 0.676. The van der Waals surface area contributed by atoms with E-state index in [0.717, 1.165) is 21.7 Å². The summed E-state index contributed by atoms with van der Waals surface area (Å²) in [6.45, 7) is 10.2. The molecule has 1 aromatic carbocycles. The predicted molar refractivity (Wildman–Crippen MR) is 101 cm³/mol. The van der Waals surface area contributed by atoms with Crippen molar-refractivity contribution in [3.8, 4) is 0 Å². The molecule has 24 heavy (non-hydrogen) atoms. The smallest absolute Gasteiger partial charge is 0.399 e. The van der Waals surface area contributed by atoms with Gasteiger partial charge in [0.1, 0.15) is 0 Å². The summed E-state index contributed by atoms with van der Waals surface area (Å²) in [6.07, 6.45) is 1.83. The number of anilines is 1. The average molecular weight is 342 g/mol. The Morgan fingerprint density at radius 1 is 1.04 bits per heavy atom. The van der Waals surface area contributed by atoms with Crippen LogP contribution in [0.15, 0.2) is 47.5 Å². The third-order valence-corrected chi connectivity index (χ3v) is 5.49. The van der Waals surface area contributed by atoms with E-state index in [2.05, 4.69) is 55.6 Å². The monoisotopic (exact) mass is 342 g/mol. The summed E-state index contributed by atoms with van der Waals surface area (Å²) in [5, 5.41) is 0. The molecule has 1 aromatic heterocycles. The van der Waals surface area contributed by atoms with Crippen molar-refractivity contribution in [2.45, 2.75) is 50.7 Å². The number of nitrogens with one attached hydrogen (secondary N) is 1. The minimum Gasteiger partial charge on any atom is -0.399 e. The van der Waals surface area contributed by atoms with Gasteiger partial charge < -0.3 is 14.0 Å². The second-order valence-corrected chi connectivity index (χ2v) is 7.89. The van der Waals surface area contributed by atoms with Crippen molar-refractivity contribution in [3.05, 3.63) is 48.3 Å². The molecule has 0 amide bonds. The number of benzene rings is 1. The van der Waals surface area contributed by atoms with Crippen LogP contribution in [0.25, 0.3) is 0 Å². The Morgan fingerprint density at radius 2 is 1.67 bits per heavy atom. The Kier molecular flexibility index (Phi) is 4.64. The van der Waals surface area contributed by atoms with Crippen LogP contribution in [0.3, 0.4) is 0 Å². The van der Waals surface area contributed by atoms with Gasteiger partial charge in [0.05, 0.1) is 22.6 Å². The fourth-order valence-corrected chi connectivity index (χ4v) is 3.09. The van der Waals surface area contributed by atoms with E-state index in [-0.39, 0.29) is 11.2 Å². The zero-order chi connectivity index (χ0) is 17.4. The minimum atomic E-state index is -0.398. The number of aromatic nitrogens is 1. The average Bonchev–Trinajstić information content (AvgIpc) is 2.75. The van der Waals surface area contributed by atoms with Crippen LogP contribution >= 0.6 is 11.9 Å². The van der Waals surface area contributed by atoms with Crippen LogP contribution in [-0.2, 0) is 9.31 Å². The first-order valence-corrected chi connectivity index (χ1v) is 8.90. The highest BCUT2D eigenvalue weighted by molar-refractivity contribution is 8.00. The van der Waals surface area contributed by atoms with E-state index in [1.807, 2.05) is 31.3 Å². The summed E-state index contributed by atoms with van der Waals surface area (Å²) in [5.41, 5.74) is 2.13. The first-order valence-electron chi connectivity index (χ1n) is 8.09. The lowest BCUT2D eigenvalue weighted by atomic mass is 9.80. The van der Waals surface area contributed by atoms with Gasteiger partial charge in [-0.2, -0.15) is 0 Å². The predicted octanol–water partition coefficient (Wildman–Crippen LogP) is 3.81. The summed E-state index contributed by atoms with van der Waals surface area (Å²) in [6, 6.07) is 12.2. The fourth-order valence-electron chi connectivity index (χ4n) is 2.36. The molecule has 6 heteroatoms. The number of rotatable bonds is 4. The van der Waals surface area contributed by atoms with Gasteiger partial charge in [-0.05, 0) is 64.8 Å². The zero-order valence-corrected chi connectivity index (χ0v) is 15.6. The van der Waals surface area contributed by atoms with Gasteiger partial charge in [-0.1, -0.05) is 18.2 Å². The van der Waals surface area contributed by atoms with Crippen LogP contribution in [0.4, 0.5) is 5.69 Å². The Hall–Kier alpha value is -1.50. The molecular formula is C18H23BN2O2S. The van der Waals surface area contributed by atoms with Gasteiger partial charge in [-0.3, -0.25) is 4.98 Å².